The summed E-state index contributed by atoms with van der Waals surface area (Å²) in [7, 11) is 1.78. The third kappa shape index (κ3) is 2.17. The van der Waals surface area contributed by atoms with Gasteiger partial charge in [0.1, 0.15) is 4.88 Å². The van der Waals surface area contributed by atoms with E-state index in [2.05, 4.69) is 15.9 Å². The van der Waals surface area contributed by atoms with Crippen LogP contribution in [0.4, 0.5) is 5.69 Å². The highest BCUT2D eigenvalue weighted by atomic mass is 79.9. The monoisotopic (exact) mass is 312 g/mol. The van der Waals surface area contributed by atoms with Crippen LogP contribution < -0.4 is 5.73 Å². The summed E-state index contributed by atoms with van der Waals surface area (Å²) in [6.07, 6.45) is 0. The van der Waals surface area contributed by atoms with E-state index in [1.165, 1.54) is 11.3 Å². The van der Waals surface area contributed by atoms with Gasteiger partial charge in [-0.1, -0.05) is 22.0 Å². The number of benzene rings is 1. The lowest BCUT2D eigenvalue weighted by atomic mass is 10.2. The fourth-order valence-corrected chi connectivity index (χ4v) is 3.24. The van der Waals surface area contributed by atoms with Gasteiger partial charge in [-0.05, 0) is 19.1 Å². The molecule has 0 bridgehead atoms. The standard InChI is InChI=1S/C12H13BrN2OS/c1-3-15(2)12(16)11-10(14)8-5-4-7(13)6-9(8)17-11/h4-6H,3,14H2,1-2H3. The summed E-state index contributed by atoms with van der Waals surface area (Å²) in [5.74, 6) is -0.0117. The Kier molecular flexibility index (Phi) is 3.40. The molecule has 2 N–H and O–H groups in total. The van der Waals surface area contributed by atoms with E-state index >= 15 is 0 Å². The smallest absolute Gasteiger partial charge is 0.265 e. The van der Waals surface area contributed by atoms with Crippen molar-refractivity contribution in [3.8, 4) is 0 Å². The van der Waals surface area contributed by atoms with Gasteiger partial charge < -0.3 is 10.6 Å². The molecule has 0 saturated carbocycles. The number of amides is 1. The SMILES string of the molecule is CCN(C)C(=O)c1sc2cc(Br)ccc2c1N. The van der Waals surface area contributed by atoms with Crippen molar-refractivity contribution in [1.29, 1.82) is 0 Å². The van der Waals surface area contributed by atoms with Crippen LogP contribution in [0.1, 0.15) is 16.6 Å². The fourth-order valence-electron chi connectivity index (χ4n) is 1.57. The van der Waals surface area contributed by atoms with Crippen LogP contribution in [0.25, 0.3) is 10.1 Å². The Bertz CT molecular complexity index is 579. The van der Waals surface area contributed by atoms with Crippen molar-refractivity contribution in [1.82, 2.24) is 4.90 Å². The van der Waals surface area contributed by atoms with Crippen LogP contribution in [-0.4, -0.2) is 24.4 Å². The molecule has 1 aromatic carbocycles. The largest absolute Gasteiger partial charge is 0.397 e. The summed E-state index contributed by atoms with van der Waals surface area (Å²) in [5.41, 5.74) is 6.62. The normalized spacial score (nSPS) is 10.8. The molecule has 2 aromatic rings. The molecule has 2 rings (SSSR count). The van der Waals surface area contributed by atoms with Gasteiger partial charge in [0.2, 0.25) is 0 Å². The number of hydrogen-bond donors (Lipinski definition) is 1. The number of thiophene rings is 1. The molecule has 0 unspecified atom stereocenters. The Labute approximate surface area is 112 Å². The van der Waals surface area contributed by atoms with E-state index in [1.54, 1.807) is 11.9 Å². The topological polar surface area (TPSA) is 46.3 Å². The zero-order chi connectivity index (χ0) is 12.6. The van der Waals surface area contributed by atoms with Crippen molar-refractivity contribution < 1.29 is 4.79 Å². The van der Waals surface area contributed by atoms with Gasteiger partial charge in [0.15, 0.2) is 0 Å². The molecule has 90 valence electrons. The Morgan fingerprint density at radius 2 is 2.24 bits per heavy atom. The predicted octanol–water partition coefficient (Wildman–Crippen LogP) is 3.34. The Balaban J connectivity index is 2.56. The number of nitrogen functional groups attached to an aromatic ring is 1. The van der Waals surface area contributed by atoms with Crippen molar-refractivity contribution in [3.63, 3.8) is 0 Å². The molecule has 3 nitrogen and oxygen atoms in total. The van der Waals surface area contributed by atoms with E-state index in [0.717, 1.165) is 14.6 Å². The van der Waals surface area contributed by atoms with Crippen LogP contribution in [-0.2, 0) is 0 Å². The number of carbonyl (C=O) groups excluding carboxylic acids is 1. The second-order valence-corrected chi connectivity index (χ2v) is 5.77. The van der Waals surface area contributed by atoms with E-state index in [0.29, 0.717) is 17.1 Å². The van der Waals surface area contributed by atoms with Crippen molar-refractivity contribution in [2.75, 3.05) is 19.3 Å². The van der Waals surface area contributed by atoms with Gasteiger partial charge in [-0.25, -0.2) is 0 Å². The third-order valence-electron chi connectivity index (χ3n) is 2.71. The molecule has 0 fully saturated rings. The number of carbonyl (C=O) groups is 1. The van der Waals surface area contributed by atoms with E-state index in [-0.39, 0.29) is 5.91 Å². The molecule has 1 aromatic heterocycles. The summed E-state index contributed by atoms with van der Waals surface area (Å²) in [6.45, 7) is 2.62. The van der Waals surface area contributed by atoms with Gasteiger partial charge in [0, 0.05) is 28.2 Å². The van der Waals surface area contributed by atoms with E-state index in [1.807, 2.05) is 25.1 Å². The maximum Gasteiger partial charge on any atom is 0.265 e. The minimum atomic E-state index is -0.0117. The number of anilines is 1. The molecule has 0 atom stereocenters. The average molecular weight is 313 g/mol. The predicted molar refractivity (Wildman–Crippen MR) is 76.6 cm³/mol. The Hall–Kier alpha value is -1.07. The van der Waals surface area contributed by atoms with Gasteiger partial charge in [-0.2, -0.15) is 0 Å². The number of nitrogens with two attached hydrogens (primary N) is 1. The number of nitrogens with zero attached hydrogens (tertiary/aromatic N) is 1. The van der Waals surface area contributed by atoms with Crippen molar-refractivity contribution in [2.45, 2.75) is 6.92 Å². The van der Waals surface area contributed by atoms with Gasteiger partial charge in [-0.3, -0.25) is 4.79 Å². The maximum absolute atomic E-state index is 12.1. The quantitative estimate of drug-likeness (QED) is 0.924. The number of hydrogen-bond acceptors (Lipinski definition) is 3. The van der Waals surface area contributed by atoms with Crippen molar-refractivity contribution >= 4 is 48.9 Å². The van der Waals surface area contributed by atoms with Gasteiger partial charge in [0.25, 0.3) is 5.91 Å². The molecule has 0 aliphatic rings. The molecule has 5 heteroatoms. The Morgan fingerprint density at radius 1 is 1.53 bits per heavy atom. The fraction of sp³-hybridized carbons (Fsp3) is 0.250. The van der Waals surface area contributed by atoms with Crippen molar-refractivity contribution in [2.24, 2.45) is 0 Å². The molecular weight excluding hydrogens is 300 g/mol. The molecule has 1 heterocycles. The second kappa shape index (κ2) is 4.66. The number of rotatable bonds is 2. The van der Waals surface area contributed by atoms with Crippen LogP contribution in [0.2, 0.25) is 0 Å². The summed E-state index contributed by atoms with van der Waals surface area (Å²) in [4.78, 5) is 14.4. The molecule has 0 aliphatic carbocycles. The summed E-state index contributed by atoms with van der Waals surface area (Å²) >= 11 is 4.86. The first-order chi connectivity index (χ1) is 8.04. The minimum absolute atomic E-state index is 0.0117. The van der Waals surface area contributed by atoms with Crippen LogP contribution in [0.3, 0.4) is 0 Å². The lowest BCUT2D eigenvalue weighted by molar-refractivity contribution is 0.0808. The molecule has 0 spiro atoms. The average Bonchev–Trinajstić information content (AvgIpc) is 2.64. The van der Waals surface area contributed by atoms with E-state index < -0.39 is 0 Å². The highest BCUT2D eigenvalue weighted by Gasteiger charge is 2.18. The maximum atomic E-state index is 12.1. The third-order valence-corrected chi connectivity index (χ3v) is 4.36. The summed E-state index contributed by atoms with van der Waals surface area (Å²) < 4.78 is 2.03. The lowest BCUT2D eigenvalue weighted by Gasteiger charge is -2.13. The Morgan fingerprint density at radius 3 is 2.88 bits per heavy atom. The highest BCUT2D eigenvalue weighted by Crippen LogP contribution is 2.35. The number of fused-ring (bicyclic) bond motifs is 1. The van der Waals surface area contributed by atoms with Gasteiger partial charge in [-0.15, -0.1) is 11.3 Å². The van der Waals surface area contributed by atoms with Crippen LogP contribution in [0.5, 0.6) is 0 Å². The molecule has 0 radical (unpaired) electrons. The first kappa shape index (κ1) is 12.4. The molecule has 1 amide bonds. The first-order valence-corrected chi connectivity index (χ1v) is 6.88. The summed E-state index contributed by atoms with van der Waals surface area (Å²) in [5, 5.41) is 0.950. The van der Waals surface area contributed by atoms with Crippen LogP contribution >= 0.6 is 27.3 Å². The second-order valence-electron chi connectivity index (χ2n) is 3.80. The molecule has 0 saturated heterocycles. The van der Waals surface area contributed by atoms with E-state index in [4.69, 9.17) is 5.73 Å². The molecular formula is C12H13BrN2OS. The summed E-state index contributed by atoms with van der Waals surface area (Å²) in [6, 6.07) is 5.86. The first-order valence-electron chi connectivity index (χ1n) is 5.27. The number of halogens is 1. The van der Waals surface area contributed by atoms with Gasteiger partial charge in [0.05, 0.1) is 5.69 Å². The lowest BCUT2D eigenvalue weighted by Crippen LogP contribution is -2.25. The highest BCUT2D eigenvalue weighted by molar-refractivity contribution is 9.10. The zero-order valence-corrected chi connectivity index (χ0v) is 12.1. The van der Waals surface area contributed by atoms with Crippen molar-refractivity contribution in [3.05, 3.63) is 27.5 Å². The minimum Gasteiger partial charge on any atom is -0.397 e. The molecule has 0 aliphatic heterocycles. The van der Waals surface area contributed by atoms with Crippen LogP contribution in [0, 0.1) is 0 Å². The molecule has 17 heavy (non-hydrogen) atoms. The van der Waals surface area contributed by atoms with E-state index in [9.17, 15) is 4.79 Å². The van der Waals surface area contributed by atoms with Gasteiger partial charge >= 0.3 is 0 Å². The zero-order valence-electron chi connectivity index (χ0n) is 9.66. The van der Waals surface area contributed by atoms with Crippen LogP contribution in [0.15, 0.2) is 22.7 Å².